The number of halogens is 1. The van der Waals surface area contributed by atoms with E-state index in [1.54, 1.807) is 7.11 Å². The van der Waals surface area contributed by atoms with Crippen LogP contribution in [0, 0.1) is 0 Å². The van der Waals surface area contributed by atoms with E-state index in [0.29, 0.717) is 24.1 Å². The highest BCUT2D eigenvalue weighted by molar-refractivity contribution is 6.30. The van der Waals surface area contributed by atoms with Crippen molar-refractivity contribution in [3.05, 3.63) is 64.7 Å². The molecule has 1 unspecified atom stereocenters. The summed E-state index contributed by atoms with van der Waals surface area (Å²) in [5.41, 5.74) is 2.15. The lowest BCUT2D eigenvalue weighted by Crippen LogP contribution is -2.17. The molecule has 1 aliphatic rings. The fourth-order valence-corrected chi connectivity index (χ4v) is 2.81. The molecule has 0 amide bonds. The van der Waals surface area contributed by atoms with Gasteiger partial charge >= 0.3 is 0 Å². The molecule has 1 atom stereocenters. The summed E-state index contributed by atoms with van der Waals surface area (Å²) in [6.45, 7) is 1.44. The molecule has 0 aliphatic carbocycles. The first-order valence-corrected chi connectivity index (χ1v) is 7.96. The Morgan fingerprint density at radius 1 is 1.26 bits per heavy atom. The number of nitrogens with zero attached hydrogens (tertiary/aromatic N) is 1. The number of hydrogen-bond acceptors (Lipinski definition) is 3. The van der Waals surface area contributed by atoms with Crippen LogP contribution in [0.1, 0.15) is 17.2 Å². The van der Waals surface area contributed by atoms with Gasteiger partial charge in [-0.3, -0.25) is 0 Å². The van der Waals surface area contributed by atoms with Gasteiger partial charge in [-0.25, -0.2) is 4.99 Å². The van der Waals surface area contributed by atoms with Crippen molar-refractivity contribution in [2.24, 2.45) is 4.99 Å². The predicted octanol–water partition coefficient (Wildman–Crippen LogP) is 3.61. The average molecular weight is 331 g/mol. The normalized spacial score (nSPS) is 16.7. The smallest absolute Gasteiger partial charge is 0.285 e. The summed E-state index contributed by atoms with van der Waals surface area (Å²) >= 11 is 6.15. The van der Waals surface area contributed by atoms with Gasteiger partial charge in [-0.1, -0.05) is 41.9 Å². The van der Waals surface area contributed by atoms with Gasteiger partial charge in [0.05, 0.1) is 19.7 Å². The number of methoxy groups -OCH3 is 1. The number of benzene rings is 2. The van der Waals surface area contributed by atoms with E-state index in [2.05, 4.69) is 11.4 Å². The molecule has 0 bridgehead atoms. The molecule has 1 aliphatic heterocycles. The topological polar surface area (TPSA) is 42.8 Å². The van der Waals surface area contributed by atoms with Crippen molar-refractivity contribution in [1.29, 1.82) is 0 Å². The molecule has 4 nitrogen and oxygen atoms in total. The van der Waals surface area contributed by atoms with Crippen LogP contribution in [0.15, 0.2) is 53.5 Å². The summed E-state index contributed by atoms with van der Waals surface area (Å²) in [5, 5.41) is 3.85. The van der Waals surface area contributed by atoms with Crippen LogP contribution >= 0.6 is 11.6 Å². The summed E-state index contributed by atoms with van der Waals surface area (Å²) in [6, 6.07) is 16.3. The van der Waals surface area contributed by atoms with Crippen molar-refractivity contribution < 1.29 is 9.47 Å². The summed E-state index contributed by atoms with van der Waals surface area (Å²) in [7, 11) is 1.68. The second kappa shape index (κ2) is 7.38. The lowest BCUT2D eigenvalue weighted by molar-refractivity contribution is 0.348. The van der Waals surface area contributed by atoms with Crippen LogP contribution in [0.2, 0.25) is 5.02 Å². The van der Waals surface area contributed by atoms with Crippen LogP contribution in [0.25, 0.3) is 0 Å². The Hall–Kier alpha value is -2.20. The number of para-hydroxylation sites is 1. The Balaban J connectivity index is 1.93. The maximum absolute atomic E-state index is 6.15. The van der Waals surface area contributed by atoms with E-state index in [9.17, 15) is 0 Å². The Morgan fingerprint density at radius 3 is 2.87 bits per heavy atom. The molecule has 120 valence electrons. The van der Waals surface area contributed by atoms with Crippen molar-refractivity contribution in [3.8, 4) is 5.75 Å². The fraction of sp³-hybridized carbons (Fsp3) is 0.278. The maximum Gasteiger partial charge on any atom is 0.285 e. The number of ether oxygens (including phenoxy) is 2. The Bertz CT molecular complexity index is 695. The Morgan fingerprint density at radius 2 is 2.13 bits per heavy atom. The first kappa shape index (κ1) is 15.7. The molecule has 5 heteroatoms. The zero-order valence-corrected chi connectivity index (χ0v) is 13.7. The average Bonchev–Trinajstić information content (AvgIpc) is 3.08. The van der Waals surface area contributed by atoms with Crippen molar-refractivity contribution in [1.82, 2.24) is 5.32 Å². The van der Waals surface area contributed by atoms with Gasteiger partial charge in [0.1, 0.15) is 12.4 Å². The Labute approximate surface area is 141 Å². The van der Waals surface area contributed by atoms with E-state index < -0.39 is 0 Å². The largest absolute Gasteiger partial charge is 0.496 e. The van der Waals surface area contributed by atoms with Gasteiger partial charge in [0.25, 0.3) is 6.02 Å². The van der Waals surface area contributed by atoms with Crippen LogP contribution in [0.3, 0.4) is 0 Å². The lowest BCUT2D eigenvalue weighted by atomic mass is 9.99. The van der Waals surface area contributed by atoms with Gasteiger partial charge in [-0.05, 0) is 29.3 Å². The number of aliphatic imine (C=N–C) groups is 1. The number of amidine groups is 1. The molecule has 2 aromatic rings. The maximum atomic E-state index is 6.15. The standard InChI is InChI=1S/C18H19ClN2O2/c1-22-17-8-3-2-5-14(17)12-16(21-18-20-9-10-23-18)13-6-4-7-15(19)11-13/h2-8,11,16H,9-10,12H2,1H3,(H,20,21). The molecule has 1 N–H and O–H groups in total. The summed E-state index contributed by atoms with van der Waals surface area (Å²) in [4.78, 5) is 4.73. The molecular weight excluding hydrogens is 312 g/mol. The molecule has 0 saturated carbocycles. The highest BCUT2D eigenvalue weighted by Gasteiger charge is 2.18. The third-order valence-electron chi connectivity index (χ3n) is 3.73. The molecule has 3 rings (SSSR count). The number of nitrogens with one attached hydrogen (secondary N) is 1. The highest BCUT2D eigenvalue weighted by atomic mass is 35.5. The van der Waals surface area contributed by atoms with E-state index in [1.165, 1.54) is 0 Å². The predicted molar refractivity (Wildman–Crippen MR) is 92.3 cm³/mol. The quantitative estimate of drug-likeness (QED) is 0.910. The van der Waals surface area contributed by atoms with E-state index in [0.717, 1.165) is 23.4 Å². The van der Waals surface area contributed by atoms with Crippen molar-refractivity contribution in [3.63, 3.8) is 0 Å². The summed E-state index contributed by atoms with van der Waals surface area (Å²) in [5.74, 6) is 0.861. The van der Waals surface area contributed by atoms with E-state index >= 15 is 0 Å². The molecule has 1 heterocycles. The van der Waals surface area contributed by atoms with Gasteiger partial charge in [-0.2, -0.15) is 0 Å². The zero-order valence-electron chi connectivity index (χ0n) is 13.0. The second-order valence-corrected chi connectivity index (χ2v) is 5.73. The molecule has 0 aromatic heterocycles. The molecule has 23 heavy (non-hydrogen) atoms. The van der Waals surface area contributed by atoms with Crippen molar-refractivity contribution >= 4 is 17.6 Å². The van der Waals surface area contributed by atoms with Crippen molar-refractivity contribution in [2.75, 3.05) is 20.3 Å². The first-order valence-electron chi connectivity index (χ1n) is 7.58. The van der Waals surface area contributed by atoms with Crippen LogP contribution in [0.4, 0.5) is 0 Å². The fourth-order valence-electron chi connectivity index (χ4n) is 2.61. The third kappa shape index (κ3) is 3.96. The van der Waals surface area contributed by atoms with Crippen LogP contribution < -0.4 is 10.1 Å². The van der Waals surface area contributed by atoms with E-state index in [-0.39, 0.29) is 6.04 Å². The third-order valence-corrected chi connectivity index (χ3v) is 3.96. The molecule has 1 saturated heterocycles. The minimum atomic E-state index is -0.0920. The molecule has 2 aromatic carbocycles. The minimum Gasteiger partial charge on any atom is -0.496 e. The number of hydrogen-bond donors (Lipinski definition) is 1. The molecule has 0 spiro atoms. The highest BCUT2D eigenvalue weighted by Crippen LogP contribution is 2.29. The first-order chi connectivity index (χ1) is 11.3. The van der Waals surface area contributed by atoms with Crippen LogP contribution in [-0.4, -0.2) is 26.3 Å². The molecule has 1 fully saturated rings. The second-order valence-electron chi connectivity index (χ2n) is 5.30. The lowest BCUT2D eigenvalue weighted by Gasteiger charge is -2.16. The van der Waals surface area contributed by atoms with Crippen molar-refractivity contribution in [2.45, 2.75) is 12.5 Å². The van der Waals surface area contributed by atoms with Gasteiger partial charge in [-0.15, -0.1) is 0 Å². The minimum absolute atomic E-state index is 0.0920. The SMILES string of the molecule is COc1ccccc1CC(/N=C1\NCCO1)c1cccc(Cl)c1. The Kier molecular flexibility index (Phi) is 5.03. The summed E-state index contributed by atoms with van der Waals surface area (Å²) in [6.07, 6.45) is 0.707. The molecule has 0 radical (unpaired) electrons. The number of rotatable bonds is 5. The van der Waals surface area contributed by atoms with Gasteiger partial charge in [0.2, 0.25) is 0 Å². The molecular formula is C18H19ClN2O2. The van der Waals surface area contributed by atoms with Gasteiger partial charge < -0.3 is 14.8 Å². The monoisotopic (exact) mass is 330 g/mol. The van der Waals surface area contributed by atoms with Crippen LogP contribution in [0.5, 0.6) is 5.75 Å². The van der Waals surface area contributed by atoms with Gasteiger partial charge in [0, 0.05) is 11.4 Å². The summed E-state index contributed by atoms with van der Waals surface area (Å²) < 4.78 is 11.0. The zero-order chi connectivity index (χ0) is 16.1. The van der Waals surface area contributed by atoms with E-state index in [4.69, 9.17) is 26.1 Å². The van der Waals surface area contributed by atoms with Crippen LogP contribution in [-0.2, 0) is 11.2 Å². The van der Waals surface area contributed by atoms with Gasteiger partial charge in [0.15, 0.2) is 0 Å². The van der Waals surface area contributed by atoms with E-state index in [1.807, 2.05) is 42.5 Å².